The summed E-state index contributed by atoms with van der Waals surface area (Å²) in [6.45, 7) is 3.37. The number of rotatable bonds is 11. The first-order valence-corrected chi connectivity index (χ1v) is 16.0. The maximum atomic E-state index is 12.2. The fraction of sp³-hybridized carbons (Fsp3) is 0.382. The molecule has 3 aliphatic rings. The van der Waals surface area contributed by atoms with E-state index in [1.807, 2.05) is 30.3 Å². The molecule has 0 aromatic heterocycles. The number of carbonyl (C=O) groups excluding carboxylic acids is 2. The fourth-order valence-electron chi connectivity index (χ4n) is 7.21. The van der Waals surface area contributed by atoms with Crippen molar-refractivity contribution in [3.8, 4) is 5.75 Å². The number of likely N-dealkylation sites (tertiary alicyclic amines) is 1. The molecule has 3 unspecified atom stereocenters. The second-order valence-corrected chi connectivity index (χ2v) is 12.7. The van der Waals surface area contributed by atoms with Crippen molar-refractivity contribution in [2.45, 2.75) is 49.2 Å². The third-order valence-electron chi connectivity index (χ3n) is 9.57. The summed E-state index contributed by atoms with van der Waals surface area (Å²) >= 11 is 12.8. The van der Waals surface area contributed by atoms with Crippen molar-refractivity contribution in [3.05, 3.63) is 93.0 Å². The van der Waals surface area contributed by atoms with E-state index in [0.717, 1.165) is 86.9 Å². The lowest BCUT2D eigenvalue weighted by molar-refractivity contribution is -0.112. The highest BCUT2D eigenvalue weighted by atomic mass is 35.5. The molecular weight excluding hydrogens is 611 g/mol. The van der Waals surface area contributed by atoms with E-state index in [-0.39, 0.29) is 23.5 Å². The molecule has 3 atom stereocenters. The van der Waals surface area contributed by atoms with Crippen LogP contribution >= 0.6 is 23.2 Å². The lowest BCUT2D eigenvalue weighted by Crippen LogP contribution is -2.51. The minimum atomic E-state index is -0.360. The van der Waals surface area contributed by atoms with Gasteiger partial charge in [-0.15, -0.1) is 5.10 Å². The number of anilines is 1. The van der Waals surface area contributed by atoms with E-state index in [1.54, 1.807) is 19.4 Å². The average Bonchev–Trinajstić information content (AvgIpc) is 3.77. The minimum absolute atomic E-state index is 0.0960. The summed E-state index contributed by atoms with van der Waals surface area (Å²) in [5.41, 5.74) is 4.08. The molecule has 3 aromatic rings. The predicted molar refractivity (Wildman–Crippen MR) is 177 cm³/mol. The van der Waals surface area contributed by atoms with E-state index in [2.05, 4.69) is 54.8 Å². The third-order valence-corrected chi connectivity index (χ3v) is 10.3. The van der Waals surface area contributed by atoms with Gasteiger partial charge in [0.05, 0.1) is 40.2 Å². The van der Waals surface area contributed by atoms with Crippen LogP contribution in [0.25, 0.3) is 0 Å². The molecule has 0 saturated carbocycles. The zero-order chi connectivity index (χ0) is 31.4. The van der Waals surface area contributed by atoms with Crippen LogP contribution in [0.5, 0.6) is 5.75 Å². The van der Waals surface area contributed by atoms with Crippen molar-refractivity contribution in [2.75, 3.05) is 38.2 Å². The van der Waals surface area contributed by atoms with Gasteiger partial charge in [-0.25, -0.2) is 0 Å². The molecule has 6 rings (SSSR count). The second kappa shape index (κ2) is 13.7. The number of aldehydes is 1. The van der Waals surface area contributed by atoms with Crippen molar-refractivity contribution in [2.24, 2.45) is 15.4 Å². The number of methoxy groups -OCH3 is 1. The van der Waals surface area contributed by atoms with Crippen molar-refractivity contribution in [1.29, 1.82) is 0 Å². The van der Waals surface area contributed by atoms with Crippen LogP contribution in [0.3, 0.4) is 0 Å². The highest BCUT2D eigenvalue weighted by Gasteiger charge is 2.39. The Hall–Kier alpha value is -3.79. The van der Waals surface area contributed by atoms with Gasteiger partial charge < -0.3 is 19.9 Å². The van der Waals surface area contributed by atoms with Gasteiger partial charge in [-0.1, -0.05) is 59.6 Å². The normalized spacial score (nSPS) is 22.5. The molecule has 3 aromatic carbocycles. The van der Waals surface area contributed by atoms with Crippen LogP contribution < -0.4 is 15.0 Å². The molecule has 1 N–H and O–H groups in total. The molecule has 3 aliphatic heterocycles. The van der Waals surface area contributed by atoms with E-state index in [1.165, 1.54) is 0 Å². The Balaban J connectivity index is 1.28. The maximum absolute atomic E-state index is 12.2. The monoisotopic (exact) mass is 646 g/mol. The zero-order valence-corrected chi connectivity index (χ0v) is 26.6. The summed E-state index contributed by atoms with van der Waals surface area (Å²) in [6, 6.07) is 19.7. The largest absolute Gasteiger partial charge is 0.494 e. The highest BCUT2D eigenvalue weighted by molar-refractivity contribution is 6.42. The number of carbonyl (C=O) groups is 2. The number of halogens is 2. The number of piperidine rings is 1. The third kappa shape index (κ3) is 6.34. The summed E-state index contributed by atoms with van der Waals surface area (Å²) in [7, 11) is 1.60. The quantitative estimate of drug-likeness (QED) is 0.231. The first-order valence-electron chi connectivity index (χ1n) is 15.3. The van der Waals surface area contributed by atoms with E-state index >= 15 is 0 Å². The molecule has 1 amide bonds. The predicted octanol–water partition coefficient (Wildman–Crippen LogP) is 6.80. The van der Waals surface area contributed by atoms with Gasteiger partial charge in [0.15, 0.2) is 12.0 Å². The number of amides is 1. The molecular formula is C34H36Cl2N6O3. The standard InChI is InChI=1S/C34H36Cl2N6O3/c1-45-33-25(21-43)17-24(30-20-38-40-39-30)19-32(33)42-14-9-27(23-7-8-28(35)29(36)18-23)31(42)10-13-41-15-11-34(12-16-41,37-22-44)26-5-3-2-4-6-26/h2-8,17-22,27,30-31H,9-16H2,1H3,(H,37,44). The molecule has 234 valence electrons. The fourth-order valence-corrected chi connectivity index (χ4v) is 7.52. The number of nitrogens with zero attached hydrogens (tertiary/aromatic N) is 5. The van der Waals surface area contributed by atoms with Crippen LogP contribution in [0.15, 0.2) is 76.1 Å². The second-order valence-electron chi connectivity index (χ2n) is 11.9. The molecule has 11 heteroatoms. The van der Waals surface area contributed by atoms with E-state index < -0.39 is 0 Å². The molecule has 0 radical (unpaired) electrons. The summed E-state index contributed by atoms with van der Waals surface area (Å²) in [4.78, 5) is 28.7. The molecule has 45 heavy (non-hydrogen) atoms. The molecule has 0 aliphatic carbocycles. The van der Waals surface area contributed by atoms with Gasteiger partial charge in [0.1, 0.15) is 6.04 Å². The zero-order valence-electron chi connectivity index (χ0n) is 25.1. The molecule has 2 saturated heterocycles. The van der Waals surface area contributed by atoms with Crippen molar-refractivity contribution in [3.63, 3.8) is 0 Å². The van der Waals surface area contributed by atoms with Crippen molar-refractivity contribution in [1.82, 2.24) is 10.2 Å². The van der Waals surface area contributed by atoms with Crippen molar-refractivity contribution < 1.29 is 14.3 Å². The maximum Gasteiger partial charge on any atom is 0.207 e. The number of ether oxygens (including phenoxy) is 1. The Morgan fingerprint density at radius 3 is 2.47 bits per heavy atom. The topological polar surface area (TPSA) is 99.0 Å². The van der Waals surface area contributed by atoms with Gasteiger partial charge in [-0.2, -0.15) is 5.11 Å². The Labute approximate surface area is 273 Å². The minimum Gasteiger partial charge on any atom is -0.494 e. The highest BCUT2D eigenvalue weighted by Crippen LogP contribution is 2.45. The van der Waals surface area contributed by atoms with Crippen LogP contribution in [0, 0.1) is 0 Å². The van der Waals surface area contributed by atoms with E-state index in [9.17, 15) is 9.59 Å². The first-order chi connectivity index (χ1) is 22.0. The lowest BCUT2D eigenvalue weighted by atomic mass is 9.81. The summed E-state index contributed by atoms with van der Waals surface area (Å²) < 4.78 is 5.86. The molecule has 9 nitrogen and oxygen atoms in total. The van der Waals surface area contributed by atoms with Crippen LogP contribution in [-0.2, 0) is 10.3 Å². The molecule has 2 fully saturated rings. The van der Waals surface area contributed by atoms with Crippen LogP contribution in [0.1, 0.15) is 64.7 Å². The smallest absolute Gasteiger partial charge is 0.207 e. The first kappa shape index (κ1) is 31.2. The van der Waals surface area contributed by atoms with Gasteiger partial charge in [-0.3, -0.25) is 9.59 Å². The SMILES string of the molecule is COc1c(C=O)cc(C2C=NN=N2)cc1N1CCC(c2ccc(Cl)c(Cl)c2)C1CCN1CCC(NC=O)(c2ccccc2)CC1. The Morgan fingerprint density at radius 2 is 1.80 bits per heavy atom. The van der Waals surface area contributed by atoms with Gasteiger partial charge in [0.2, 0.25) is 6.41 Å². The number of nitrogens with one attached hydrogen (secondary N) is 1. The van der Waals surface area contributed by atoms with Gasteiger partial charge in [-0.05, 0) is 71.9 Å². The van der Waals surface area contributed by atoms with E-state index in [0.29, 0.717) is 21.4 Å². The van der Waals surface area contributed by atoms with Gasteiger partial charge >= 0.3 is 0 Å². The van der Waals surface area contributed by atoms with E-state index in [4.69, 9.17) is 27.9 Å². The number of hydrogen-bond acceptors (Lipinski definition) is 8. The number of benzene rings is 3. The summed E-state index contributed by atoms with van der Waals surface area (Å²) in [5.74, 6) is 0.733. The average molecular weight is 648 g/mol. The van der Waals surface area contributed by atoms with Gasteiger partial charge in [0.25, 0.3) is 0 Å². The Morgan fingerprint density at radius 1 is 1.00 bits per heavy atom. The van der Waals surface area contributed by atoms with Crippen molar-refractivity contribution >= 4 is 47.8 Å². The summed E-state index contributed by atoms with van der Waals surface area (Å²) in [5, 5.41) is 16.1. The van der Waals surface area contributed by atoms with Crippen LogP contribution in [-0.4, -0.2) is 63.1 Å². The molecule has 3 heterocycles. The molecule has 0 bridgehead atoms. The molecule has 0 spiro atoms. The Kier molecular flexibility index (Phi) is 9.49. The number of hydrogen-bond donors (Lipinski definition) is 1. The lowest BCUT2D eigenvalue weighted by Gasteiger charge is -2.42. The Bertz CT molecular complexity index is 1580. The van der Waals surface area contributed by atoms with Crippen LogP contribution in [0.4, 0.5) is 5.69 Å². The van der Waals surface area contributed by atoms with Crippen LogP contribution in [0.2, 0.25) is 10.0 Å². The van der Waals surface area contributed by atoms with Gasteiger partial charge in [0, 0.05) is 38.1 Å². The summed E-state index contributed by atoms with van der Waals surface area (Å²) in [6.07, 6.45) is 6.76.